The van der Waals surface area contributed by atoms with Gasteiger partial charge in [0.25, 0.3) is 0 Å². The van der Waals surface area contributed by atoms with Crippen LogP contribution in [0.1, 0.15) is 166 Å². The van der Waals surface area contributed by atoms with Crippen LogP contribution in [-0.2, 0) is 32.2 Å². The number of ether oxygens (including phenoxy) is 4. The van der Waals surface area contributed by atoms with Gasteiger partial charge < -0.3 is 29.2 Å². The molecule has 0 unspecified atom stereocenters. The van der Waals surface area contributed by atoms with Gasteiger partial charge in [-0.3, -0.25) is 0 Å². The Labute approximate surface area is 367 Å². The second kappa shape index (κ2) is 29.5. The quantitative estimate of drug-likeness (QED) is 0.110. The van der Waals surface area contributed by atoms with Gasteiger partial charge in [0, 0.05) is 13.2 Å². The van der Waals surface area contributed by atoms with E-state index < -0.39 is 0 Å². The fourth-order valence-electron chi connectivity index (χ4n) is 11.5. The zero-order valence-corrected chi connectivity index (χ0v) is 38.3. The van der Waals surface area contributed by atoms with Crippen molar-refractivity contribution in [1.29, 1.82) is 0 Å². The van der Waals surface area contributed by atoms with Crippen LogP contribution in [0.4, 0.5) is 0 Å². The lowest BCUT2D eigenvalue weighted by atomic mass is 9.68. The third-order valence-electron chi connectivity index (χ3n) is 15.3. The third-order valence-corrected chi connectivity index (χ3v) is 15.3. The summed E-state index contributed by atoms with van der Waals surface area (Å²) >= 11 is 0. The van der Waals surface area contributed by atoms with E-state index in [2.05, 4.69) is 62.4 Å². The molecule has 6 nitrogen and oxygen atoms in total. The first-order chi connectivity index (χ1) is 29.6. The van der Waals surface area contributed by atoms with E-state index in [1.807, 2.05) is 12.1 Å². The van der Waals surface area contributed by atoms with Crippen LogP contribution in [0.25, 0.3) is 0 Å². The summed E-state index contributed by atoms with van der Waals surface area (Å²) in [5.74, 6) is 7.66. The number of hydrogen-bond donors (Lipinski definition) is 2. The Morgan fingerprint density at radius 2 is 0.750 bits per heavy atom. The van der Waals surface area contributed by atoms with E-state index in [1.54, 1.807) is 0 Å². The molecule has 340 valence electrons. The molecule has 0 bridgehead atoms. The lowest BCUT2D eigenvalue weighted by molar-refractivity contribution is -0.0701. The van der Waals surface area contributed by atoms with Crippen LogP contribution < -0.4 is 0 Å². The highest BCUT2D eigenvalue weighted by atomic mass is 16.6. The van der Waals surface area contributed by atoms with Gasteiger partial charge in [0.1, 0.15) is 12.2 Å². The molecule has 0 heterocycles. The SMILES string of the molecule is CCCC1CCC(C2CCC(CCOC(CO)CO)CC2)CC1.CCCC1CCC(C2CCC(CCOC(COCc3ccccc3)COCc3ccccc3)CC2)CC1. The minimum absolute atomic E-state index is 0.0259. The molecule has 0 amide bonds. The van der Waals surface area contributed by atoms with Crippen LogP contribution in [0.15, 0.2) is 60.7 Å². The number of hydrogen-bond acceptors (Lipinski definition) is 6. The van der Waals surface area contributed by atoms with Crippen molar-refractivity contribution in [2.75, 3.05) is 39.6 Å². The molecular weight excluding hydrogens is 745 g/mol. The summed E-state index contributed by atoms with van der Waals surface area (Å²) in [7, 11) is 0. The fourth-order valence-corrected chi connectivity index (χ4v) is 11.5. The van der Waals surface area contributed by atoms with E-state index in [0.717, 1.165) is 60.4 Å². The predicted octanol–water partition coefficient (Wildman–Crippen LogP) is 12.8. The van der Waals surface area contributed by atoms with Crippen LogP contribution in [0, 0.1) is 47.3 Å². The summed E-state index contributed by atoms with van der Waals surface area (Å²) in [4.78, 5) is 0. The lowest BCUT2D eigenvalue weighted by Crippen LogP contribution is -2.28. The largest absolute Gasteiger partial charge is 0.394 e. The zero-order chi connectivity index (χ0) is 42.0. The van der Waals surface area contributed by atoms with Gasteiger partial charge in [-0.2, -0.15) is 0 Å². The third kappa shape index (κ3) is 18.5. The molecule has 2 aromatic rings. The topological polar surface area (TPSA) is 77.4 Å². The van der Waals surface area contributed by atoms with Crippen LogP contribution in [0.5, 0.6) is 0 Å². The maximum absolute atomic E-state index is 9.01. The van der Waals surface area contributed by atoms with E-state index >= 15 is 0 Å². The number of benzene rings is 2. The van der Waals surface area contributed by atoms with Crippen LogP contribution >= 0.6 is 0 Å². The molecule has 2 N–H and O–H groups in total. The fraction of sp³-hybridized carbons (Fsp3) is 0.778. The molecule has 4 fully saturated rings. The summed E-state index contributed by atoms with van der Waals surface area (Å²) < 4.78 is 23.9. The Morgan fingerprint density at radius 1 is 0.433 bits per heavy atom. The van der Waals surface area contributed by atoms with Crippen molar-refractivity contribution in [3.8, 4) is 0 Å². The molecule has 0 atom stereocenters. The highest BCUT2D eigenvalue weighted by Gasteiger charge is 2.32. The van der Waals surface area contributed by atoms with Gasteiger partial charge in [-0.05, 0) is 123 Å². The van der Waals surface area contributed by atoms with Gasteiger partial charge in [0.15, 0.2) is 0 Å². The van der Waals surface area contributed by atoms with Crippen molar-refractivity contribution in [2.45, 2.75) is 181 Å². The van der Waals surface area contributed by atoms with Gasteiger partial charge in [-0.25, -0.2) is 0 Å². The maximum Gasteiger partial charge on any atom is 0.104 e. The van der Waals surface area contributed by atoms with Gasteiger partial charge >= 0.3 is 0 Å². The van der Waals surface area contributed by atoms with E-state index in [0.29, 0.717) is 33.0 Å². The first-order valence-corrected chi connectivity index (χ1v) is 25.2. The molecule has 4 aliphatic carbocycles. The molecule has 0 aliphatic heterocycles. The molecule has 0 radical (unpaired) electrons. The molecule has 4 saturated carbocycles. The smallest absolute Gasteiger partial charge is 0.104 e. The van der Waals surface area contributed by atoms with Crippen molar-refractivity contribution in [3.63, 3.8) is 0 Å². The lowest BCUT2D eigenvalue weighted by Gasteiger charge is -2.38. The number of aliphatic hydroxyl groups is 2. The molecular formula is C54H88O6. The minimum Gasteiger partial charge on any atom is -0.394 e. The Morgan fingerprint density at radius 3 is 1.07 bits per heavy atom. The first-order valence-electron chi connectivity index (χ1n) is 25.2. The number of rotatable bonds is 24. The summed E-state index contributed by atoms with van der Waals surface area (Å²) in [6.07, 6.45) is 30.6. The van der Waals surface area contributed by atoms with Gasteiger partial charge in [-0.1, -0.05) is 152 Å². The number of aliphatic hydroxyl groups excluding tert-OH is 2. The highest BCUT2D eigenvalue weighted by molar-refractivity contribution is 5.14. The van der Waals surface area contributed by atoms with E-state index in [4.69, 9.17) is 29.2 Å². The Kier molecular flexibility index (Phi) is 24.2. The standard InChI is InChI=1S/C34H50O3.C20H38O3/c1-2-9-28-14-18-32(19-15-28)33-20-16-29(17-21-33)22-23-37-34(26-35-24-30-10-5-3-6-11-30)27-36-25-31-12-7-4-8-13-31;1-2-3-16-4-8-18(9-5-16)19-10-6-17(7-11-19)12-13-23-20(14-21)15-22/h3-8,10-13,28-29,32-34H,2,9,14-27H2,1H3;16-22H,2-15H2,1H3. The average molecular weight is 833 g/mol. The molecule has 6 rings (SSSR count). The van der Waals surface area contributed by atoms with Crippen LogP contribution in [0.2, 0.25) is 0 Å². The molecule has 0 saturated heterocycles. The van der Waals surface area contributed by atoms with Crippen molar-refractivity contribution in [2.24, 2.45) is 47.3 Å². The molecule has 4 aliphatic rings. The molecule has 60 heavy (non-hydrogen) atoms. The first kappa shape index (κ1) is 49.2. The van der Waals surface area contributed by atoms with Crippen LogP contribution in [0.3, 0.4) is 0 Å². The Hall–Kier alpha value is -1.80. The summed E-state index contributed by atoms with van der Waals surface area (Å²) in [5.41, 5.74) is 2.39. The monoisotopic (exact) mass is 833 g/mol. The minimum atomic E-state index is -0.385. The summed E-state index contributed by atoms with van der Waals surface area (Å²) in [6.45, 7) is 8.36. The molecule has 2 aromatic carbocycles. The van der Waals surface area contributed by atoms with Gasteiger partial charge in [0.05, 0.1) is 39.6 Å². The molecule has 6 heteroatoms. The Balaban J connectivity index is 0.000000255. The second-order valence-corrected chi connectivity index (χ2v) is 19.6. The van der Waals surface area contributed by atoms with Gasteiger partial charge in [-0.15, -0.1) is 0 Å². The summed E-state index contributed by atoms with van der Waals surface area (Å²) in [6, 6.07) is 20.7. The van der Waals surface area contributed by atoms with E-state index in [1.165, 1.54) is 146 Å². The summed E-state index contributed by atoms with van der Waals surface area (Å²) in [5, 5.41) is 18.0. The van der Waals surface area contributed by atoms with Crippen molar-refractivity contribution in [1.82, 2.24) is 0 Å². The zero-order valence-electron chi connectivity index (χ0n) is 38.3. The van der Waals surface area contributed by atoms with Crippen LogP contribution in [-0.4, -0.2) is 62.1 Å². The highest BCUT2D eigenvalue weighted by Crippen LogP contribution is 2.44. The van der Waals surface area contributed by atoms with E-state index in [-0.39, 0.29) is 25.4 Å². The Bertz CT molecular complexity index is 1240. The van der Waals surface area contributed by atoms with E-state index in [9.17, 15) is 0 Å². The van der Waals surface area contributed by atoms with Crippen molar-refractivity contribution >= 4 is 0 Å². The maximum atomic E-state index is 9.01. The van der Waals surface area contributed by atoms with Crippen molar-refractivity contribution < 1.29 is 29.2 Å². The average Bonchev–Trinajstić information content (AvgIpc) is 3.30. The van der Waals surface area contributed by atoms with Gasteiger partial charge in [0.2, 0.25) is 0 Å². The molecule has 0 aromatic heterocycles. The predicted molar refractivity (Wildman–Crippen MR) is 247 cm³/mol. The second-order valence-electron chi connectivity index (χ2n) is 19.6. The normalized spacial score (nSPS) is 27.4. The van der Waals surface area contributed by atoms with Crippen molar-refractivity contribution in [3.05, 3.63) is 71.8 Å². The molecule has 0 spiro atoms.